The first-order chi connectivity index (χ1) is 7.38. The highest BCUT2D eigenvalue weighted by Crippen LogP contribution is 2.01. The highest BCUT2D eigenvalue weighted by molar-refractivity contribution is 5.10. The molecular formula is C11H16N4. The van der Waals surface area contributed by atoms with Gasteiger partial charge >= 0.3 is 0 Å². The molecule has 0 unspecified atom stereocenters. The van der Waals surface area contributed by atoms with Crippen LogP contribution in [0.4, 0.5) is 0 Å². The average molecular weight is 204 g/mol. The van der Waals surface area contributed by atoms with Crippen LogP contribution in [0.3, 0.4) is 0 Å². The monoisotopic (exact) mass is 204 g/mol. The first kappa shape index (κ1) is 9.98. The first-order valence-electron chi connectivity index (χ1n) is 5.22. The molecule has 4 nitrogen and oxygen atoms in total. The Kier molecular flexibility index (Phi) is 3.19. The van der Waals surface area contributed by atoms with Gasteiger partial charge in [-0.05, 0) is 24.6 Å². The standard InChI is InChI=1S/C11H16N4/c1-2-15-6-4-10(9-15)7-12-8-11-3-5-13-14-11/h3-6,9,12H,2,7-8H2,1H3,(H,13,14). The molecule has 0 bridgehead atoms. The third kappa shape index (κ3) is 2.70. The van der Waals surface area contributed by atoms with E-state index in [4.69, 9.17) is 0 Å². The number of H-pyrrole nitrogens is 1. The van der Waals surface area contributed by atoms with Crippen LogP contribution < -0.4 is 5.32 Å². The van der Waals surface area contributed by atoms with Crippen molar-refractivity contribution >= 4 is 0 Å². The zero-order valence-electron chi connectivity index (χ0n) is 8.90. The number of hydrogen-bond acceptors (Lipinski definition) is 2. The lowest BCUT2D eigenvalue weighted by Gasteiger charge is -2.00. The van der Waals surface area contributed by atoms with E-state index in [0.717, 1.165) is 25.3 Å². The molecular weight excluding hydrogens is 188 g/mol. The quantitative estimate of drug-likeness (QED) is 0.775. The first-order valence-corrected chi connectivity index (χ1v) is 5.22. The summed E-state index contributed by atoms with van der Waals surface area (Å²) in [5.74, 6) is 0. The lowest BCUT2D eigenvalue weighted by molar-refractivity contribution is 0.674. The Balaban J connectivity index is 1.78. The molecule has 0 aliphatic carbocycles. The third-order valence-corrected chi connectivity index (χ3v) is 2.38. The largest absolute Gasteiger partial charge is 0.354 e. The summed E-state index contributed by atoms with van der Waals surface area (Å²) in [7, 11) is 0. The van der Waals surface area contributed by atoms with Gasteiger partial charge in [-0.3, -0.25) is 5.10 Å². The molecule has 2 heterocycles. The second kappa shape index (κ2) is 4.79. The highest BCUT2D eigenvalue weighted by atomic mass is 15.1. The second-order valence-electron chi connectivity index (χ2n) is 3.54. The summed E-state index contributed by atoms with van der Waals surface area (Å²) < 4.78 is 2.17. The topological polar surface area (TPSA) is 45.6 Å². The molecule has 0 radical (unpaired) electrons. The summed E-state index contributed by atoms with van der Waals surface area (Å²) in [6.07, 6.45) is 6.04. The maximum atomic E-state index is 3.90. The van der Waals surface area contributed by atoms with Crippen LogP contribution in [0.15, 0.2) is 30.7 Å². The van der Waals surface area contributed by atoms with E-state index in [1.165, 1.54) is 5.56 Å². The Bertz CT molecular complexity index is 388. The minimum absolute atomic E-state index is 0.831. The molecule has 0 amide bonds. The van der Waals surface area contributed by atoms with Gasteiger partial charge in [-0.1, -0.05) is 0 Å². The molecule has 80 valence electrons. The molecule has 0 fully saturated rings. The van der Waals surface area contributed by atoms with E-state index in [9.17, 15) is 0 Å². The van der Waals surface area contributed by atoms with Gasteiger partial charge in [-0.15, -0.1) is 0 Å². The van der Waals surface area contributed by atoms with E-state index in [1.807, 2.05) is 6.07 Å². The number of hydrogen-bond donors (Lipinski definition) is 2. The van der Waals surface area contributed by atoms with Crippen LogP contribution in [0.1, 0.15) is 18.2 Å². The van der Waals surface area contributed by atoms with Crippen LogP contribution in [0.2, 0.25) is 0 Å². The normalized spacial score (nSPS) is 10.7. The van der Waals surface area contributed by atoms with Crippen LogP contribution >= 0.6 is 0 Å². The fraction of sp³-hybridized carbons (Fsp3) is 0.364. The molecule has 0 aliphatic heterocycles. The SMILES string of the molecule is CCn1ccc(CNCc2ccn[nH]2)c1. The lowest BCUT2D eigenvalue weighted by atomic mass is 10.3. The van der Waals surface area contributed by atoms with Crippen LogP contribution in [-0.4, -0.2) is 14.8 Å². The molecule has 0 atom stereocenters. The van der Waals surface area contributed by atoms with E-state index >= 15 is 0 Å². The van der Waals surface area contributed by atoms with E-state index < -0.39 is 0 Å². The van der Waals surface area contributed by atoms with Gasteiger partial charge in [0.15, 0.2) is 0 Å². The summed E-state index contributed by atoms with van der Waals surface area (Å²) in [4.78, 5) is 0. The molecule has 2 N–H and O–H groups in total. The van der Waals surface area contributed by atoms with Crippen molar-refractivity contribution in [2.24, 2.45) is 0 Å². The molecule has 4 heteroatoms. The molecule has 0 aromatic carbocycles. The zero-order valence-corrected chi connectivity index (χ0v) is 8.90. The number of aromatic nitrogens is 3. The van der Waals surface area contributed by atoms with Crippen LogP contribution in [0, 0.1) is 0 Å². The molecule has 2 aromatic heterocycles. The van der Waals surface area contributed by atoms with Gasteiger partial charge < -0.3 is 9.88 Å². The second-order valence-corrected chi connectivity index (χ2v) is 3.54. The Morgan fingerprint density at radius 3 is 3.00 bits per heavy atom. The fourth-order valence-electron chi connectivity index (χ4n) is 1.52. The minimum Gasteiger partial charge on any atom is -0.354 e. The number of aromatic amines is 1. The molecule has 2 rings (SSSR count). The van der Waals surface area contributed by atoms with Crippen LogP contribution in [0.25, 0.3) is 0 Å². The average Bonchev–Trinajstić information content (AvgIpc) is 2.88. The van der Waals surface area contributed by atoms with E-state index in [1.54, 1.807) is 6.20 Å². The number of nitrogens with zero attached hydrogens (tertiary/aromatic N) is 2. The van der Waals surface area contributed by atoms with Crippen molar-refractivity contribution in [2.75, 3.05) is 0 Å². The minimum atomic E-state index is 0.831. The Morgan fingerprint density at radius 2 is 2.33 bits per heavy atom. The summed E-state index contributed by atoms with van der Waals surface area (Å²) in [5.41, 5.74) is 2.43. The molecule has 0 saturated heterocycles. The molecule has 2 aromatic rings. The van der Waals surface area contributed by atoms with Gasteiger partial charge in [0.2, 0.25) is 0 Å². The van der Waals surface area contributed by atoms with Crippen molar-refractivity contribution in [1.82, 2.24) is 20.1 Å². The molecule has 0 aliphatic rings. The number of aryl methyl sites for hydroxylation is 1. The van der Waals surface area contributed by atoms with Gasteiger partial charge in [0.1, 0.15) is 0 Å². The summed E-state index contributed by atoms with van der Waals surface area (Å²) >= 11 is 0. The van der Waals surface area contributed by atoms with Crippen molar-refractivity contribution in [2.45, 2.75) is 26.6 Å². The predicted octanol–water partition coefficient (Wildman–Crippen LogP) is 1.52. The van der Waals surface area contributed by atoms with E-state index in [-0.39, 0.29) is 0 Å². The van der Waals surface area contributed by atoms with Crippen molar-refractivity contribution < 1.29 is 0 Å². The summed E-state index contributed by atoms with van der Waals surface area (Å²) in [6, 6.07) is 4.12. The van der Waals surface area contributed by atoms with Crippen molar-refractivity contribution in [3.8, 4) is 0 Å². The molecule has 0 spiro atoms. The molecule has 15 heavy (non-hydrogen) atoms. The third-order valence-electron chi connectivity index (χ3n) is 2.38. The fourth-order valence-corrected chi connectivity index (χ4v) is 1.52. The summed E-state index contributed by atoms with van der Waals surface area (Å²) in [5, 5.41) is 10.2. The van der Waals surface area contributed by atoms with Crippen molar-refractivity contribution in [3.05, 3.63) is 42.0 Å². The Morgan fingerprint density at radius 1 is 1.40 bits per heavy atom. The van der Waals surface area contributed by atoms with Crippen molar-refractivity contribution in [1.29, 1.82) is 0 Å². The molecule has 0 saturated carbocycles. The Labute approximate surface area is 89.3 Å². The lowest BCUT2D eigenvalue weighted by Crippen LogP contribution is -2.12. The van der Waals surface area contributed by atoms with Crippen LogP contribution in [-0.2, 0) is 19.6 Å². The van der Waals surface area contributed by atoms with E-state index in [0.29, 0.717) is 0 Å². The van der Waals surface area contributed by atoms with Crippen molar-refractivity contribution in [3.63, 3.8) is 0 Å². The Hall–Kier alpha value is -1.55. The smallest absolute Gasteiger partial charge is 0.0490 e. The maximum absolute atomic E-state index is 3.90. The number of nitrogens with one attached hydrogen (secondary N) is 2. The van der Waals surface area contributed by atoms with Crippen LogP contribution in [0.5, 0.6) is 0 Å². The number of rotatable bonds is 5. The predicted molar refractivity (Wildman–Crippen MR) is 59.2 cm³/mol. The van der Waals surface area contributed by atoms with Gasteiger partial charge in [0.25, 0.3) is 0 Å². The summed E-state index contributed by atoms with van der Waals surface area (Å²) in [6.45, 7) is 4.89. The van der Waals surface area contributed by atoms with Gasteiger partial charge in [-0.25, -0.2) is 0 Å². The van der Waals surface area contributed by atoms with Gasteiger partial charge in [-0.2, -0.15) is 5.10 Å². The van der Waals surface area contributed by atoms with Gasteiger partial charge in [0.05, 0.1) is 0 Å². The maximum Gasteiger partial charge on any atom is 0.0490 e. The van der Waals surface area contributed by atoms with E-state index in [2.05, 4.69) is 45.5 Å². The van der Waals surface area contributed by atoms with Gasteiger partial charge in [0, 0.05) is 43.9 Å². The highest BCUT2D eigenvalue weighted by Gasteiger charge is 1.96. The zero-order chi connectivity index (χ0) is 10.5.